The SMILES string of the molecule is COC(=O)[C@@H](C)NC(=O)c1cc(-c2ccccc2)nc2onc(C)c12. The highest BCUT2D eigenvalue weighted by Crippen LogP contribution is 2.27. The lowest BCUT2D eigenvalue weighted by Crippen LogP contribution is -2.39. The normalized spacial score (nSPS) is 12.0. The van der Waals surface area contributed by atoms with Crippen LogP contribution in [0.3, 0.4) is 0 Å². The summed E-state index contributed by atoms with van der Waals surface area (Å²) in [4.78, 5) is 28.7. The van der Waals surface area contributed by atoms with Gasteiger partial charge in [-0.2, -0.15) is 0 Å². The Kier molecular flexibility index (Phi) is 4.47. The van der Waals surface area contributed by atoms with Crippen LogP contribution in [0.5, 0.6) is 0 Å². The van der Waals surface area contributed by atoms with Crippen molar-refractivity contribution in [2.24, 2.45) is 0 Å². The molecule has 0 saturated heterocycles. The molecule has 3 aromatic rings. The first-order valence-electron chi connectivity index (χ1n) is 7.72. The molecule has 2 aromatic heterocycles. The number of nitrogens with zero attached hydrogens (tertiary/aromatic N) is 2. The number of benzene rings is 1. The lowest BCUT2D eigenvalue weighted by Gasteiger charge is -2.12. The zero-order chi connectivity index (χ0) is 18.0. The van der Waals surface area contributed by atoms with E-state index in [0.29, 0.717) is 22.3 Å². The number of esters is 1. The zero-order valence-electron chi connectivity index (χ0n) is 14.1. The number of hydrogen-bond acceptors (Lipinski definition) is 6. The van der Waals surface area contributed by atoms with Gasteiger partial charge >= 0.3 is 5.97 Å². The van der Waals surface area contributed by atoms with Gasteiger partial charge in [-0.1, -0.05) is 35.5 Å². The van der Waals surface area contributed by atoms with Gasteiger partial charge in [0.15, 0.2) is 0 Å². The van der Waals surface area contributed by atoms with Gasteiger partial charge in [0, 0.05) is 5.56 Å². The van der Waals surface area contributed by atoms with Crippen LogP contribution in [-0.2, 0) is 9.53 Å². The number of ether oxygens (including phenoxy) is 1. The van der Waals surface area contributed by atoms with E-state index in [9.17, 15) is 9.59 Å². The number of fused-ring (bicyclic) bond motifs is 1. The quantitative estimate of drug-likeness (QED) is 0.734. The molecule has 7 nitrogen and oxygen atoms in total. The largest absolute Gasteiger partial charge is 0.467 e. The van der Waals surface area contributed by atoms with Crippen LogP contribution < -0.4 is 5.32 Å². The maximum atomic E-state index is 12.7. The summed E-state index contributed by atoms with van der Waals surface area (Å²) >= 11 is 0. The fraction of sp³-hybridized carbons (Fsp3) is 0.222. The minimum atomic E-state index is -0.777. The molecule has 1 amide bonds. The highest BCUT2D eigenvalue weighted by molar-refractivity contribution is 6.07. The second-order valence-corrected chi connectivity index (χ2v) is 5.59. The molecule has 128 valence electrons. The van der Waals surface area contributed by atoms with Crippen LogP contribution in [0, 0.1) is 6.92 Å². The van der Waals surface area contributed by atoms with E-state index in [1.54, 1.807) is 19.9 Å². The van der Waals surface area contributed by atoms with Gasteiger partial charge in [-0.05, 0) is 19.9 Å². The van der Waals surface area contributed by atoms with Gasteiger partial charge in [0.05, 0.1) is 29.4 Å². The minimum absolute atomic E-state index is 0.273. The van der Waals surface area contributed by atoms with Gasteiger partial charge < -0.3 is 14.6 Å². The standard InChI is InChI=1S/C18H17N3O4/c1-10-15-13(16(22)19-11(2)18(23)24-3)9-14(20-17(15)25-21-10)12-7-5-4-6-8-12/h4-9,11H,1-3H3,(H,19,22)/t11-/m1/s1. The van der Waals surface area contributed by atoms with Crippen molar-refractivity contribution in [2.45, 2.75) is 19.9 Å². The van der Waals surface area contributed by atoms with Crippen LogP contribution in [0.25, 0.3) is 22.4 Å². The number of pyridine rings is 1. The number of methoxy groups -OCH3 is 1. The smallest absolute Gasteiger partial charge is 0.328 e. The van der Waals surface area contributed by atoms with Crippen LogP contribution in [0.4, 0.5) is 0 Å². The van der Waals surface area contributed by atoms with E-state index < -0.39 is 17.9 Å². The average Bonchev–Trinajstić information content (AvgIpc) is 3.02. The molecule has 0 saturated carbocycles. The third-order valence-electron chi connectivity index (χ3n) is 3.83. The topological polar surface area (TPSA) is 94.3 Å². The van der Waals surface area contributed by atoms with Gasteiger partial charge in [-0.3, -0.25) is 4.79 Å². The Labute approximate surface area is 144 Å². The van der Waals surface area contributed by atoms with E-state index in [-0.39, 0.29) is 5.71 Å². The van der Waals surface area contributed by atoms with Crippen LogP contribution in [0.15, 0.2) is 40.9 Å². The maximum absolute atomic E-state index is 12.7. The molecule has 0 aliphatic heterocycles. The van der Waals surface area contributed by atoms with E-state index in [1.165, 1.54) is 7.11 Å². The van der Waals surface area contributed by atoms with Gasteiger partial charge in [0.2, 0.25) is 0 Å². The monoisotopic (exact) mass is 339 g/mol. The zero-order valence-corrected chi connectivity index (χ0v) is 14.1. The number of carbonyl (C=O) groups is 2. The summed E-state index contributed by atoms with van der Waals surface area (Å²) in [5, 5.41) is 7.04. The molecule has 25 heavy (non-hydrogen) atoms. The molecule has 0 bridgehead atoms. The van der Waals surface area contributed by atoms with E-state index in [0.717, 1.165) is 5.56 Å². The summed E-state index contributed by atoms with van der Waals surface area (Å²) < 4.78 is 9.88. The predicted octanol–water partition coefficient (Wildman–Crippen LogP) is 2.49. The first-order valence-corrected chi connectivity index (χ1v) is 7.72. The van der Waals surface area contributed by atoms with Gasteiger partial charge in [-0.25, -0.2) is 9.78 Å². The fourth-order valence-corrected chi connectivity index (χ4v) is 2.54. The molecule has 0 fully saturated rings. The molecule has 1 aromatic carbocycles. The molecule has 0 spiro atoms. The highest BCUT2D eigenvalue weighted by Gasteiger charge is 2.22. The Hall–Kier alpha value is -3.22. The van der Waals surface area contributed by atoms with E-state index in [1.807, 2.05) is 30.3 Å². The van der Waals surface area contributed by atoms with Crippen molar-refractivity contribution >= 4 is 23.0 Å². The number of aromatic nitrogens is 2. The van der Waals surface area contributed by atoms with Gasteiger partial charge in [0.25, 0.3) is 11.6 Å². The van der Waals surface area contributed by atoms with E-state index in [2.05, 4.69) is 20.2 Å². The van der Waals surface area contributed by atoms with Crippen molar-refractivity contribution in [2.75, 3.05) is 7.11 Å². The summed E-state index contributed by atoms with van der Waals surface area (Å²) in [5.41, 5.74) is 2.60. The van der Waals surface area contributed by atoms with Crippen molar-refractivity contribution in [1.29, 1.82) is 0 Å². The van der Waals surface area contributed by atoms with E-state index >= 15 is 0 Å². The Morgan fingerprint density at radius 1 is 1.24 bits per heavy atom. The van der Waals surface area contributed by atoms with Crippen molar-refractivity contribution in [3.8, 4) is 11.3 Å². The van der Waals surface area contributed by atoms with Gasteiger partial charge in [-0.15, -0.1) is 0 Å². The molecule has 0 aliphatic rings. The number of carbonyl (C=O) groups excluding carboxylic acids is 2. The number of amides is 1. The Morgan fingerprint density at radius 3 is 2.64 bits per heavy atom. The molecule has 0 radical (unpaired) electrons. The second-order valence-electron chi connectivity index (χ2n) is 5.59. The second kappa shape index (κ2) is 6.72. The minimum Gasteiger partial charge on any atom is -0.467 e. The van der Waals surface area contributed by atoms with Crippen molar-refractivity contribution in [3.63, 3.8) is 0 Å². The lowest BCUT2D eigenvalue weighted by atomic mass is 10.0. The van der Waals surface area contributed by atoms with Crippen molar-refractivity contribution < 1.29 is 18.8 Å². The van der Waals surface area contributed by atoms with E-state index in [4.69, 9.17) is 4.52 Å². The van der Waals surface area contributed by atoms with Crippen LogP contribution >= 0.6 is 0 Å². The predicted molar refractivity (Wildman–Crippen MR) is 90.9 cm³/mol. The Bertz CT molecular complexity index is 934. The first-order chi connectivity index (χ1) is 12.0. The third-order valence-corrected chi connectivity index (χ3v) is 3.83. The van der Waals surface area contributed by atoms with Gasteiger partial charge in [0.1, 0.15) is 6.04 Å². The molecular formula is C18H17N3O4. The summed E-state index contributed by atoms with van der Waals surface area (Å²) in [6.07, 6.45) is 0. The van der Waals surface area contributed by atoms with Crippen LogP contribution in [-0.4, -0.2) is 35.2 Å². The molecule has 0 aliphatic carbocycles. The lowest BCUT2D eigenvalue weighted by molar-refractivity contribution is -0.142. The molecule has 7 heteroatoms. The van der Waals surface area contributed by atoms with Crippen LogP contribution in [0.1, 0.15) is 23.0 Å². The number of hydrogen-bond donors (Lipinski definition) is 1. The number of nitrogens with one attached hydrogen (secondary N) is 1. The highest BCUT2D eigenvalue weighted by atomic mass is 16.5. The molecule has 0 unspecified atom stereocenters. The summed E-state index contributed by atoms with van der Waals surface area (Å²) in [7, 11) is 1.27. The molecule has 2 heterocycles. The Morgan fingerprint density at radius 2 is 1.96 bits per heavy atom. The number of aryl methyl sites for hydroxylation is 1. The van der Waals surface area contributed by atoms with Crippen molar-refractivity contribution in [3.05, 3.63) is 47.7 Å². The average molecular weight is 339 g/mol. The molecule has 1 N–H and O–H groups in total. The molecule has 3 rings (SSSR count). The third kappa shape index (κ3) is 3.21. The fourth-order valence-electron chi connectivity index (χ4n) is 2.54. The van der Waals surface area contributed by atoms with Crippen molar-refractivity contribution in [1.82, 2.24) is 15.5 Å². The molecular weight excluding hydrogens is 322 g/mol. The maximum Gasteiger partial charge on any atom is 0.328 e. The number of rotatable bonds is 4. The Balaban J connectivity index is 2.08. The molecule has 1 atom stereocenters. The summed E-state index contributed by atoms with van der Waals surface area (Å²) in [6, 6.07) is 10.3. The summed E-state index contributed by atoms with van der Waals surface area (Å²) in [6.45, 7) is 3.29. The first kappa shape index (κ1) is 16.6. The van der Waals surface area contributed by atoms with Crippen LogP contribution in [0.2, 0.25) is 0 Å². The summed E-state index contributed by atoms with van der Waals surface area (Å²) in [5.74, 6) is -0.947.